The standard InChI is InChI=1S/C16H29NO/c1-4-5-7-13(2)10-14-11-16(3,18)15-8-6-9-17(15)12-14/h10,13,15,18H,4-9,11-12H2,1-3H3/b14-10-/t13-,15?,16-/m0/s1. The second-order valence-corrected chi connectivity index (χ2v) is 6.61. The van der Waals surface area contributed by atoms with Crippen molar-refractivity contribution in [1.82, 2.24) is 4.90 Å². The Balaban J connectivity index is 2.00. The van der Waals surface area contributed by atoms with E-state index < -0.39 is 5.60 Å². The van der Waals surface area contributed by atoms with E-state index in [0.717, 1.165) is 13.0 Å². The summed E-state index contributed by atoms with van der Waals surface area (Å²) in [7, 11) is 0. The van der Waals surface area contributed by atoms with Crippen LogP contribution in [0.4, 0.5) is 0 Å². The maximum absolute atomic E-state index is 10.6. The molecule has 0 bridgehead atoms. The summed E-state index contributed by atoms with van der Waals surface area (Å²) in [6, 6.07) is 0.403. The van der Waals surface area contributed by atoms with Crippen molar-refractivity contribution in [3.05, 3.63) is 11.6 Å². The minimum absolute atomic E-state index is 0.403. The third-order valence-corrected chi connectivity index (χ3v) is 4.61. The zero-order chi connectivity index (χ0) is 13.2. The van der Waals surface area contributed by atoms with E-state index in [1.807, 2.05) is 6.92 Å². The number of unbranched alkanes of at least 4 members (excludes halogenated alkanes) is 1. The quantitative estimate of drug-likeness (QED) is 0.775. The van der Waals surface area contributed by atoms with Gasteiger partial charge in [0, 0.05) is 12.6 Å². The Morgan fingerprint density at radius 1 is 1.56 bits per heavy atom. The molecule has 3 atom stereocenters. The fourth-order valence-electron chi connectivity index (χ4n) is 3.74. The van der Waals surface area contributed by atoms with Gasteiger partial charge in [-0.1, -0.05) is 38.3 Å². The van der Waals surface area contributed by atoms with Crippen LogP contribution >= 0.6 is 0 Å². The van der Waals surface area contributed by atoms with Crippen molar-refractivity contribution in [3.8, 4) is 0 Å². The summed E-state index contributed by atoms with van der Waals surface area (Å²) in [6.45, 7) is 8.85. The largest absolute Gasteiger partial charge is 0.388 e. The van der Waals surface area contributed by atoms with Crippen molar-refractivity contribution in [1.29, 1.82) is 0 Å². The van der Waals surface area contributed by atoms with E-state index in [9.17, 15) is 5.11 Å². The van der Waals surface area contributed by atoms with Crippen LogP contribution in [0.3, 0.4) is 0 Å². The summed E-state index contributed by atoms with van der Waals surface area (Å²) in [6.07, 6.45) is 9.60. The summed E-state index contributed by atoms with van der Waals surface area (Å²) in [5, 5.41) is 10.6. The van der Waals surface area contributed by atoms with Gasteiger partial charge < -0.3 is 5.11 Å². The molecule has 2 heteroatoms. The lowest BCUT2D eigenvalue weighted by Gasteiger charge is -2.43. The Morgan fingerprint density at radius 3 is 3.06 bits per heavy atom. The third-order valence-electron chi connectivity index (χ3n) is 4.61. The molecule has 2 aliphatic rings. The molecule has 2 nitrogen and oxygen atoms in total. The highest BCUT2D eigenvalue weighted by Gasteiger charge is 2.43. The summed E-state index contributed by atoms with van der Waals surface area (Å²) in [5.41, 5.74) is 0.951. The lowest BCUT2D eigenvalue weighted by Crippen LogP contribution is -2.52. The predicted octanol–water partition coefficient (Wildman–Crippen LogP) is 3.36. The third kappa shape index (κ3) is 3.16. The highest BCUT2D eigenvalue weighted by molar-refractivity contribution is 5.17. The Bertz CT molecular complexity index is 308. The van der Waals surface area contributed by atoms with Crippen LogP contribution in [-0.4, -0.2) is 34.7 Å². The number of aliphatic hydroxyl groups is 1. The van der Waals surface area contributed by atoms with Gasteiger partial charge in [-0.3, -0.25) is 4.90 Å². The second-order valence-electron chi connectivity index (χ2n) is 6.61. The highest BCUT2D eigenvalue weighted by Crippen LogP contribution is 2.37. The van der Waals surface area contributed by atoms with E-state index in [0.29, 0.717) is 12.0 Å². The van der Waals surface area contributed by atoms with Crippen molar-refractivity contribution in [3.63, 3.8) is 0 Å². The molecule has 0 radical (unpaired) electrons. The summed E-state index contributed by atoms with van der Waals surface area (Å²) in [5.74, 6) is 0.662. The van der Waals surface area contributed by atoms with Gasteiger partial charge in [-0.25, -0.2) is 0 Å². The molecule has 0 amide bonds. The Labute approximate surface area is 112 Å². The Kier molecular flexibility index (Phi) is 4.50. The van der Waals surface area contributed by atoms with Gasteiger partial charge in [0.15, 0.2) is 0 Å². The van der Waals surface area contributed by atoms with Gasteiger partial charge in [0.2, 0.25) is 0 Å². The van der Waals surface area contributed by atoms with Crippen LogP contribution in [0.15, 0.2) is 11.6 Å². The molecule has 0 aliphatic carbocycles. The van der Waals surface area contributed by atoms with Crippen molar-refractivity contribution in [2.75, 3.05) is 13.1 Å². The van der Waals surface area contributed by atoms with Gasteiger partial charge in [-0.2, -0.15) is 0 Å². The average Bonchev–Trinajstić information content (AvgIpc) is 2.74. The van der Waals surface area contributed by atoms with Gasteiger partial charge in [-0.05, 0) is 45.1 Å². The number of hydrogen-bond donors (Lipinski definition) is 1. The molecule has 2 rings (SSSR count). The van der Waals surface area contributed by atoms with Crippen LogP contribution in [0, 0.1) is 5.92 Å². The first-order valence-corrected chi connectivity index (χ1v) is 7.69. The molecule has 2 heterocycles. The van der Waals surface area contributed by atoms with Gasteiger partial charge in [0.1, 0.15) is 0 Å². The second kappa shape index (κ2) is 5.75. The first-order chi connectivity index (χ1) is 8.53. The average molecular weight is 251 g/mol. The van der Waals surface area contributed by atoms with E-state index >= 15 is 0 Å². The van der Waals surface area contributed by atoms with E-state index in [4.69, 9.17) is 0 Å². The lowest BCUT2D eigenvalue weighted by molar-refractivity contribution is -0.0330. The van der Waals surface area contributed by atoms with Crippen LogP contribution < -0.4 is 0 Å². The molecule has 0 aromatic carbocycles. The summed E-state index contributed by atoms with van der Waals surface area (Å²) < 4.78 is 0. The molecule has 0 saturated carbocycles. The molecule has 18 heavy (non-hydrogen) atoms. The van der Waals surface area contributed by atoms with Crippen LogP contribution in [0.2, 0.25) is 0 Å². The number of nitrogens with zero attached hydrogens (tertiary/aromatic N) is 1. The first-order valence-electron chi connectivity index (χ1n) is 7.69. The summed E-state index contributed by atoms with van der Waals surface area (Å²) in [4.78, 5) is 2.49. The van der Waals surface area contributed by atoms with E-state index in [-0.39, 0.29) is 0 Å². The zero-order valence-electron chi connectivity index (χ0n) is 12.3. The molecule has 0 aromatic heterocycles. The van der Waals surface area contributed by atoms with Crippen LogP contribution in [0.1, 0.15) is 59.3 Å². The maximum Gasteiger partial charge on any atom is 0.0811 e. The molecule has 2 fully saturated rings. The predicted molar refractivity (Wildman–Crippen MR) is 76.6 cm³/mol. The van der Waals surface area contributed by atoms with Gasteiger partial charge in [-0.15, -0.1) is 0 Å². The Morgan fingerprint density at radius 2 is 2.33 bits per heavy atom. The number of allylic oxidation sites excluding steroid dienone is 1. The van der Waals surface area contributed by atoms with Crippen molar-refractivity contribution in [2.45, 2.75) is 70.9 Å². The number of hydrogen-bond acceptors (Lipinski definition) is 2. The van der Waals surface area contributed by atoms with Crippen molar-refractivity contribution >= 4 is 0 Å². The van der Waals surface area contributed by atoms with E-state index in [1.165, 1.54) is 44.2 Å². The van der Waals surface area contributed by atoms with Crippen LogP contribution in [0.25, 0.3) is 0 Å². The summed E-state index contributed by atoms with van der Waals surface area (Å²) >= 11 is 0. The molecular formula is C16H29NO. The number of fused-ring (bicyclic) bond motifs is 1. The van der Waals surface area contributed by atoms with Gasteiger partial charge in [0.05, 0.1) is 5.60 Å². The van der Waals surface area contributed by atoms with Crippen molar-refractivity contribution in [2.24, 2.45) is 5.92 Å². The molecule has 104 valence electrons. The van der Waals surface area contributed by atoms with Gasteiger partial charge in [0.25, 0.3) is 0 Å². The highest BCUT2D eigenvalue weighted by atomic mass is 16.3. The van der Waals surface area contributed by atoms with Crippen LogP contribution in [-0.2, 0) is 0 Å². The smallest absolute Gasteiger partial charge is 0.0811 e. The first kappa shape index (κ1) is 14.1. The molecule has 1 unspecified atom stereocenters. The van der Waals surface area contributed by atoms with E-state index in [2.05, 4.69) is 24.8 Å². The molecular weight excluding hydrogens is 222 g/mol. The molecule has 2 saturated heterocycles. The molecule has 0 spiro atoms. The topological polar surface area (TPSA) is 23.5 Å². The Hall–Kier alpha value is -0.340. The van der Waals surface area contributed by atoms with E-state index in [1.54, 1.807) is 0 Å². The number of piperidine rings is 1. The SMILES string of the molecule is CCCC[C@H](C)/C=C1\CN2CCCC2[C@@](C)(O)C1. The zero-order valence-corrected chi connectivity index (χ0v) is 12.3. The molecule has 1 N–H and O–H groups in total. The fraction of sp³-hybridized carbons (Fsp3) is 0.875. The molecule has 0 aromatic rings. The maximum atomic E-state index is 10.6. The van der Waals surface area contributed by atoms with Crippen molar-refractivity contribution < 1.29 is 5.11 Å². The van der Waals surface area contributed by atoms with Crippen LogP contribution in [0.5, 0.6) is 0 Å². The minimum Gasteiger partial charge on any atom is -0.388 e. The lowest BCUT2D eigenvalue weighted by atomic mass is 9.82. The monoisotopic (exact) mass is 251 g/mol. The number of rotatable bonds is 4. The minimum atomic E-state index is -0.509. The normalized spacial score (nSPS) is 36.9. The fourth-order valence-corrected chi connectivity index (χ4v) is 3.74. The molecule has 2 aliphatic heterocycles. The van der Waals surface area contributed by atoms with Gasteiger partial charge >= 0.3 is 0 Å².